The first-order valence-electron chi connectivity index (χ1n) is 11.6. The zero-order valence-corrected chi connectivity index (χ0v) is 22.3. The van der Waals surface area contributed by atoms with Gasteiger partial charge in [-0.3, -0.25) is 19.2 Å². The highest BCUT2D eigenvalue weighted by molar-refractivity contribution is 7.21. The van der Waals surface area contributed by atoms with Crippen LogP contribution in [0, 0.1) is 0 Å². The normalized spacial score (nSPS) is 10.8. The summed E-state index contributed by atoms with van der Waals surface area (Å²) >= 11 is 2.59. The van der Waals surface area contributed by atoms with E-state index in [4.69, 9.17) is 0 Å². The van der Waals surface area contributed by atoms with Crippen molar-refractivity contribution in [3.63, 3.8) is 0 Å². The minimum atomic E-state index is -0.444. The number of methoxy groups -OCH3 is 2. The summed E-state index contributed by atoms with van der Waals surface area (Å²) in [5, 5.41) is 7.30. The molecule has 4 rings (SSSR count). The number of ether oxygens (including phenoxy) is 2. The van der Waals surface area contributed by atoms with E-state index in [0.29, 0.717) is 21.1 Å². The molecule has 0 bridgehead atoms. The molecule has 0 saturated carbocycles. The Morgan fingerprint density at radius 1 is 0.632 bits per heavy atom. The van der Waals surface area contributed by atoms with Crippen LogP contribution in [0.15, 0.2) is 48.5 Å². The molecule has 0 radical (unpaired) electrons. The van der Waals surface area contributed by atoms with E-state index in [2.05, 4.69) is 20.1 Å². The Bertz CT molecular complexity index is 1440. The third-order valence-corrected chi connectivity index (χ3v) is 7.95. The molecule has 0 atom stereocenters. The van der Waals surface area contributed by atoms with Crippen molar-refractivity contribution >= 4 is 83.8 Å². The van der Waals surface area contributed by atoms with Gasteiger partial charge in [0.05, 0.1) is 36.8 Å². The number of anilines is 2. The molecule has 2 amide bonds. The minimum absolute atomic E-state index is 0.0286. The van der Waals surface area contributed by atoms with Gasteiger partial charge in [0.2, 0.25) is 0 Å². The SMILES string of the molecule is COC(=O)CCC(=O)c1cc2ccc(NC(=O)Nc3ccc4cc(C(=O)CCC(=O)OC)sc4c3)cc2s1. The van der Waals surface area contributed by atoms with Crippen LogP contribution in [0.4, 0.5) is 16.2 Å². The maximum absolute atomic E-state index is 12.6. The van der Waals surface area contributed by atoms with E-state index in [-0.39, 0.29) is 37.2 Å². The first-order chi connectivity index (χ1) is 18.2. The van der Waals surface area contributed by atoms with Crippen molar-refractivity contribution in [2.24, 2.45) is 0 Å². The Balaban J connectivity index is 1.39. The van der Waals surface area contributed by atoms with E-state index < -0.39 is 18.0 Å². The molecule has 4 aromatic rings. The summed E-state index contributed by atoms with van der Waals surface area (Å²) in [6, 6.07) is 13.8. The molecule has 0 aliphatic carbocycles. The van der Waals surface area contributed by atoms with Crippen molar-refractivity contribution in [3.05, 3.63) is 58.3 Å². The van der Waals surface area contributed by atoms with Gasteiger partial charge in [-0.05, 0) is 47.2 Å². The fraction of sp³-hybridized carbons (Fsp3) is 0.222. The van der Waals surface area contributed by atoms with Crippen LogP contribution in [0.2, 0.25) is 0 Å². The first kappa shape index (κ1) is 27.0. The molecule has 11 heteroatoms. The summed E-state index contributed by atoms with van der Waals surface area (Å²) < 4.78 is 10.8. The molecular weight excluding hydrogens is 528 g/mol. The van der Waals surface area contributed by atoms with Crippen LogP contribution in [0.1, 0.15) is 45.0 Å². The monoisotopic (exact) mass is 552 g/mol. The topological polar surface area (TPSA) is 128 Å². The second-order valence-electron chi connectivity index (χ2n) is 8.30. The maximum atomic E-state index is 12.6. The number of fused-ring (bicyclic) bond motifs is 2. The van der Waals surface area contributed by atoms with Crippen LogP contribution in [-0.4, -0.2) is 43.8 Å². The summed E-state index contributed by atoms with van der Waals surface area (Å²) in [6.45, 7) is 0. The quantitative estimate of drug-likeness (QED) is 0.182. The minimum Gasteiger partial charge on any atom is -0.469 e. The lowest BCUT2D eigenvalue weighted by atomic mass is 10.1. The molecular formula is C27H24N2O7S2. The highest BCUT2D eigenvalue weighted by Crippen LogP contribution is 2.31. The number of thiophene rings is 2. The Morgan fingerprint density at radius 3 is 1.45 bits per heavy atom. The second-order valence-corrected chi connectivity index (χ2v) is 10.5. The van der Waals surface area contributed by atoms with Crippen LogP contribution >= 0.6 is 22.7 Å². The predicted molar refractivity (Wildman–Crippen MR) is 147 cm³/mol. The highest BCUT2D eigenvalue weighted by atomic mass is 32.1. The summed E-state index contributed by atoms with van der Waals surface area (Å²) in [6.07, 6.45) is 0.205. The largest absolute Gasteiger partial charge is 0.469 e. The number of nitrogens with one attached hydrogen (secondary N) is 2. The molecule has 9 nitrogen and oxygen atoms in total. The van der Waals surface area contributed by atoms with Crippen LogP contribution in [-0.2, 0) is 19.1 Å². The standard InChI is InChI=1S/C27H24N2O7S2/c1-35-25(32)9-7-19(30)23-11-15-3-5-17(13-21(15)37-23)28-27(34)29-18-6-4-16-12-24(38-22(16)14-18)20(31)8-10-26(33)36-2/h3-6,11-14H,7-10H2,1-2H3,(H2,28,29,34). The van der Waals surface area contributed by atoms with E-state index in [0.717, 1.165) is 20.2 Å². The lowest BCUT2D eigenvalue weighted by Crippen LogP contribution is -2.19. The number of amides is 2. The Labute approximate surface area is 225 Å². The third kappa shape index (κ3) is 6.61. The van der Waals surface area contributed by atoms with Gasteiger partial charge in [0.1, 0.15) is 0 Å². The van der Waals surface area contributed by atoms with Crippen LogP contribution in [0.5, 0.6) is 0 Å². The maximum Gasteiger partial charge on any atom is 0.323 e. The summed E-state index contributed by atoms with van der Waals surface area (Å²) in [4.78, 5) is 61.1. The lowest BCUT2D eigenvalue weighted by molar-refractivity contribution is -0.141. The molecule has 0 spiro atoms. The molecule has 196 valence electrons. The molecule has 2 aromatic heterocycles. The number of benzene rings is 2. The number of Topliss-reactive ketones (excluding diaryl/α,β-unsaturated/α-hetero) is 2. The zero-order valence-electron chi connectivity index (χ0n) is 20.6. The van der Waals surface area contributed by atoms with Gasteiger partial charge in [-0.25, -0.2) is 4.79 Å². The molecule has 0 aliphatic heterocycles. The summed E-state index contributed by atoms with van der Waals surface area (Å²) in [5.74, 6) is -1.14. The number of carbonyl (C=O) groups is 5. The average Bonchev–Trinajstić information content (AvgIpc) is 3.53. The summed E-state index contributed by atoms with van der Waals surface area (Å²) in [7, 11) is 2.57. The second kappa shape index (κ2) is 12.0. The number of ketones is 2. The van der Waals surface area contributed by atoms with Crippen molar-refractivity contribution in [2.75, 3.05) is 24.9 Å². The van der Waals surface area contributed by atoms with Gasteiger partial charge >= 0.3 is 18.0 Å². The fourth-order valence-electron chi connectivity index (χ4n) is 3.67. The molecule has 0 aliphatic rings. The Hall–Kier alpha value is -4.09. The number of esters is 2. The zero-order chi connectivity index (χ0) is 27.2. The van der Waals surface area contributed by atoms with Crippen LogP contribution in [0.25, 0.3) is 20.2 Å². The lowest BCUT2D eigenvalue weighted by Gasteiger charge is -2.08. The van der Waals surface area contributed by atoms with Gasteiger partial charge in [-0.1, -0.05) is 12.1 Å². The average molecular weight is 553 g/mol. The predicted octanol–water partition coefficient (Wildman–Crippen LogP) is 6.03. The Kier molecular flexibility index (Phi) is 8.49. The Morgan fingerprint density at radius 2 is 1.05 bits per heavy atom. The van der Waals surface area contributed by atoms with E-state index in [9.17, 15) is 24.0 Å². The number of urea groups is 1. The highest BCUT2D eigenvalue weighted by Gasteiger charge is 2.15. The number of hydrogen-bond donors (Lipinski definition) is 2. The van der Waals surface area contributed by atoms with Gasteiger partial charge in [-0.2, -0.15) is 0 Å². The number of carbonyl (C=O) groups excluding carboxylic acids is 5. The van der Waals surface area contributed by atoms with E-state index >= 15 is 0 Å². The van der Waals surface area contributed by atoms with Crippen molar-refractivity contribution in [1.82, 2.24) is 0 Å². The molecule has 2 N–H and O–H groups in total. The molecule has 2 heterocycles. The molecule has 38 heavy (non-hydrogen) atoms. The van der Waals surface area contributed by atoms with E-state index in [1.807, 2.05) is 12.1 Å². The summed E-state index contributed by atoms with van der Waals surface area (Å²) in [5.41, 5.74) is 1.11. The molecule has 2 aromatic carbocycles. The van der Waals surface area contributed by atoms with Gasteiger partial charge in [0.15, 0.2) is 11.6 Å². The van der Waals surface area contributed by atoms with Gasteiger partial charge in [-0.15, -0.1) is 22.7 Å². The third-order valence-electron chi connectivity index (χ3n) is 5.67. The van der Waals surface area contributed by atoms with E-state index in [1.54, 1.807) is 36.4 Å². The van der Waals surface area contributed by atoms with Crippen molar-refractivity contribution in [1.29, 1.82) is 0 Å². The smallest absolute Gasteiger partial charge is 0.323 e. The van der Waals surface area contributed by atoms with Crippen LogP contribution < -0.4 is 10.6 Å². The first-order valence-corrected chi connectivity index (χ1v) is 13.2. The van der Waals surface area contributed by atoms with Gasteiger partial charge in [0, 0.05) is 33.6 Å². The molecule has 0 saturated heterocycles. The number of hydrogen-bond acceptors (Lipinski definition) is 9. The van der Waals surface area contributed by atoms with E-state index in [1.165, 1.54) is 36.9 Å². The molecule has 0 unspecified atom stereocenters. The van der Waals surface area contributed by atoms with Crippen LogP contribution in [0.3, 0.4) is 0 Å². The van der Waals surface area contributed by atoms with Crippen molar-refractivity contribution < 1.29 is 33.4 Å². The fourth-order valence-corrected chi connectivity index (χ4v) is 5.81. The number of rotatable bonds is 10. The van der Waals surface area contributed by atoms with Crippen molar-refractivity contribution in [2.45, 2.75) is 25.7 Å². The van der Waals surface area contributed by atoms with Gasteiger partial charge < -0.3 is 20.1 Å². The van der Waals surface area contributed by atoms with Gasteiger partial charge in [0.25, 0.3) is 0 Å². The molecule has 0 fully saturated rings. The van der Waals surface area contributed by atoms with Crippen molar-refractivity contribution in [3.8, 4) is 0 Å².